The van der Waals surface area contributed by atoms with Crippen molar-refractivity contribution in [2.45, 2.75) is 56.7 Å². The van der Waals surface area contributed by atoms with Gasteiger partial charge in [-0.3, -0.25) is 4.57 Å². The fourth-order valence-electron chi connectivity index (χ4n) is 4.44. The molecular weight excluding hydrogens is 536 g/mol. The molecule has 0 aliphatic carbocycles. The summed E-state index contributed by atoms with van der Waals surface area (Å²) in [5.74, 6) is 1.94. The Balaban J connectivity index is 1.81. The van der Waals surface area contributed by atoms with Crippen LogP contribution in [0.3, 0.4) is 0 Å². The van der Waals surface area contributed by atoms with E-state index in [2.05, 4.69) is 39.8 Å². The molecule has 11 nitrogen and oxygen atoms in total. The fraction of sp³-hybridized carbons (Fsp3) is 0.538. The second-order valence-corrected chi connectivity index (χ2v) is 18.8. The molecule has 0 saturated heterocycles. The Morgan fingerprint density at radius 3 is 2.46 bits per heavy atom. The van der Waals surface area contributed by atoms with E-state index in [-0.39, 0.29) is 18.6 Å². The van der Waals surface area contributed by atoms with E-state index in [0.29, 0.717) is 36.3 Å². The lowest BCUT2D eigenvalue weighted by Gasteiger charge is -2.32. The maximum atomic E-state index is 14.4. The van der Waals surface area contributed by atoms with Crippen molar-refractivity contribution in [2.75, 3.05) is 38.3 Å². The number of anilines is 1. The molecule has 0 amide bonds. The van der Waals surface area contributed by atoms with Gasteiger partial charge >= 0.3 is 0 Å². The van der Waals surface area contributed by atoms with Crippen LogP contribution < -0.4 is 13.8 Å². The molecule has 0 fully saturated rings. The molecule has 0 saturated carbocycles. The van der Waals surface area contributed by atoms with Gasteiger partial charge in [-0.15, -0.1) is 10.2 Å². The third-order valence-corrected chi connectivity index (χ3v) is 11.1. The molecule has 13 heteroatoms. The number of sulfonamides is 1. The fourth-order valence-corrected chi connectivity index (χ4v) is 7.23. The van der Waals surface area contributed by atoms with E-state index in [1.54, 1.807) is 26.4 Å². The Morgan fingerprint density at radius 1 is 1.13 bits per heavy atom. The average Bonchev–Trinajstić information content (AvgIpc) is 3.27. The van der Waals surface area contributed by atoms with Gasteiger partial charge in [0.25, 0.3) is 0 Å². The Bertz CT molecular complexity index is 1380. The van der Waals surface area contributed by atoms with E-state index >= 15 is 0 Å². The normalized spacial score (nSPS) is 16.8. The highest BCUT2D eigenvalue weighted by atomic mass is 32.2. The highest BCUT2D eigenvalue weighted by Crippen LogP contribution is 2.38. The molecular formula is C26H38N6O5SSi. The van der Waals surface area contributed by atoms with E-state index in [9.17, 15) is 8.42 Å². The number of hydrogen-bond acceptors (Lipinski definition) is 9. The van der Waals surface area contributed by atoms with Crippen molar-refractivity contribution >= 4 is 24.0 Å². The van der Waals surface area contributed by atoms with Crippen LogP contribution in [-0.2, 0) is 14.8 Å². The predicted octanol–water partition coefficient (Wildman–Crippen LogP) is 3.99. The van der Waals surface area contributed by atoms with Crippen molar-refractivity contribution < 1.29 is 22.6 Å². The molecule has 0 spiro atoms. The lowest BCUT2D eigenvalue weighted by molar-refractivity contribution is 0.126. The predicted molar refractivity (Wildman–Crippen MR) is 153 cm³/mol. The summed E-state index contributed by atoms with van der Waals surface area (Å²) < 4.78 is 48.8. The molecule has 1 aromatic carbocycles. The third kappa shape index (κ3) is 6.09. The summed E-state index contributed by atoms with van der Waals surface area (Å²) in [5.41, 5.74) is 0.755. The summed E-state index contributed by atoms with van der Waals surface area (Å²) in [6.07, 6.45) is 3.10. The molecule has 0 radical (unpaired) electrons. The molecule has 1 aliphatic rings. The molecule has 0 N–H and O–H groups in total. The summed E-state index contributed by atoms with van der Waals surface area (Å²) in [6.45, 7) is 11.1. The van der Waals surface area contributed by atoms with E-state index in [1.165, 1.54) is 11.4 Å². The number of rotatable bonds is 11. The molecule has 1 aliphatic heterocycles. The molecule has 2 aromatic heterocycles. The monoisotopic (exact) mass is 574 g/mol. The van der Waals surface area contributed by atoms with E-state index in [4.69, 9.17) is 14.2 Å². The van der Waals surface area contributed by atoms with Crippen molar-refractivity contribution in [3.63, 3.8) is 0 Å². The number of ether oxygens (including phenoxy) is 3. The zero-order chi connectivity index (χ0) is 28.4. The van der Waals surface area contributed by atoms with Gasteiger partial charge in [0.1, 0.15) is 18.2 Å². The minimum absolute atomic E-state index is 0.264. The third-order valence-electron chi connectivity index (χ3n) is 7.02. The SMILES string of the molecule is COC[C@@H]1COc2ccccc2-c2nnc(N(CC[Si](C)(C)C)S(=O)(=O)[C@@H](C)[C@H](C)c3ncc(OC)cn3)n21. The molecule has 4 rings (SSSR count). The average molecular weight is 575 g/mol. The highest BCUT2D eigenvalue weighted by molar-refractivity contribution is 7.93. The molecule has 0 unspecified atom stereocenters. The Labute approximate surface area is 231 Å². The molecule has 3 heterocycles. The van der Waals surface area contributed by atoms with E-state index < -0.39 is 29.3 Å². The van der Waals surface area contributed by atoms with Crippen molar-refractivity contribution in [3.05, 3.63) is 42.5 Å². The summed E-state index contributed by atoms with van der Waals surface area (Å²) in [6, 6.07) is 7.99. The van der Waals surface area contributed by atoms with Crippen molar-refractivity contribution in [3.8, 4) is 22.9 Å². The van der Waals surface area contributed by atoms with E-state index in [1.807, 2.05) is 35.8 Å². The van der Waals surface area contributed by atoms with Crippen molar-refractivity contribution in [1.29, 1.82) is 0 Å². The highest BCUT2D eigenvalue weighted by Gasteiger charge is 2.40. The summed E-state index contributed by atoms with van der Waals surface area (Å²) >= 11 is 0. The van der Waals surface area contributed by atoms with Crippen LogP contribution in [0.15, 0.2) is 36.7 Å². The van der Waals surface area contributed by atoms with Crippen LogP contribution in [0.25, 0.3) is 11.4 Å². The van der Waals surface area contributed by atoms with Crippen LogP contribution in [0.5, 0.6) is 11.5 Å². The minimum atomic E-state index is -3.93. The number of hydrogen-bond donors (Lipinski definition) is 0. The van der Waals surface area contributed by atoms with Crippen LogP contribution in [0.4, 0.5) is 5.95 Å². The van der Waals surface area contributed by atoms with Gasteiger partial charge in [-0.25, -0.2) is 22.7 Å². The number of benzene rings is 1. The van der Waals surface area contributed by atoms with Gasteiger partial charge in [-0.2, -0.15) is 0 Å². The van der Waals surface area contributed by atoms with Gasteiger partial charge < -0.3 is 14.2 Å². The first kappa shape index (κ1) is 29.0. The molecule has 212 valence electrons. The van der Waals surface area contributed by atoms with Crippen LogP contribution >= 0.6 is 0 Å². The van der Waals surface area contributed by atoms with Gasteiger partial charge in [0.2, 0.25) is 16.0 Å². The molecule has 3 atom stereocenters. The van der Waals surface area contributed by atoms with Gasteiger partial charge in [0.05, 0.1) is 43.0 Å². The second kappa shape index (κ2) is 11.6. The first-order valence-corrected chi connectivity index (χ1v) is 18.2. The number of para-hydroxylation sites is 1. The molecule has 39 heavy (non-hydrogen) atoms. The van der Waals surface area contributed by atoms with E-state index in [0.717, 1.165) is 11.6 Å². The van der Waals surface area contributed by atoms with Crippen LogP contribution in [-0.4, -0.2) is 80.5 Å². The Kier molecular flexibility index (Phi) is 8.62. The summed E-state index contributed by atoms with van der Waals surface area (Å²) in [7, 11) is -2.42. The molecule has 0 bridgehead atoms. The van der Waals surface area contributed by atoms with Crippen molar-refractivity contribution in [2.24, 2.45) is 0 Å². The standard InChI is InChI=1S/C26H38N6O5SSi/c1-18(24-27-14-21(36-4)15-28-24)19(2)38(33,34)31(12-13-39(5,6)7)26-30-29-25-22-10-8-9-11-23(22)37-17-20(16-35-3)32(25)26/h8-11,14-15,18-20H,12-13,16-17H2,1-7H3/t18-,19-,20+/m0/s1. The first-order chi connectivity index (χ1) is 18.5. The van der Waals surface area contributed by atoms with Crippen molar-refractivity contribution in [1.82, 2.24) is 24.7 Å². The Hall–Kier alpha value is -3.03. The van der Waals surface area contributed by atoms with Crippen LogP contribution in [0, 0.1) is 0 Å². The van der Waals surface area contributed by atoms with Crippen LogP contribution in [0.1, 0.15) is 31.6 Å². The topological polar surface area (TPSA) is 122 Å². The number of fused-ring (bicyclic) bond motifs is 3. The largest absolute Gasteiger partial charge is 0.494 e. The van der Waals surface area contributed by atoms with Gasteiger partial charge in [0, 0.05) is 27.6 Å². The number of nitrogens with zero attached hydrogens (tertiary/aromatic N) is 6. The maximum absolute atomic E-state index is 14.4. The number of aromatic nitrogens is 5. The lowest BCUT2D eigenvalue weighted by Crippen LogP contribution is -2.44. The van der Waals surface area contributed by atoms with Gasteiger partial charge in [0.15, 0.2) is 11.6 Å². The zero-order valence-electron chi connectivity index (χ0n) is 23.7. The van der Waals surface area contributed by atoms with Crippen LogP contribution in [0.2, 0.25) is 25.7 Å². The van der Waals surface area contributed by atoms with Gasteiger partial charge in [-0.1, -0.05) is 38.7 Å². The Morgan fingerprint density at radius 2 is 1.82 bits per heavy atom. The zero-order valence-corrected chi connectivity index (χ0v) is 25.5. The molecule has 3 aromatic rings. The number of methoxy groups -OCH3 is 2. The lowest BCUT2D eigenvalue weighted by atomic mass is 10.1. The van der Waals surface area contributed by atoms with Gasteiger partial charge in [-0.05, 0) is 25.1 Å². The maximum Gasteiger partial charge on any atom is 0.241 e. The summed E-state index contributed by atoms with van der Waals surface area (Å²) in [5, 5.41) is 8.15. The quantitative estimate of drug-likeness (QED) is 0.313. The summed E-state index contributed by atoms with van der Waals surface area (Å²) in [4.78, 5) is 8.71. The second-order valence-electron chi connectivity index (χ2n) is 11.0. The minimum Gasteiger partial charge on any atom is -0.494 e. The first-order valence-electron chi connectivity index (χ1n) is 13.0. The smallest absolute Gasteiger partial charge is 0.241 e.